The predicted molar refractivity (Wildman–Crippen MR) is 93.9 cm³/mol. The van der Waals surface area contributed by atoms with Gasteiger partial charge in [-0.1, -0.05) is 59.8 Å². The first kappa shape index (κ1) is 21.1. The number of unbranched alkanes of at least 4 members (excludes halogenated alkanes) is 5. The molecule has 3 heteroatoms. The van der Waals surface area contributed by atoms with Crippen molar-refractivity contribution in [2.45, 2.75) is 91.9 Å². The van der Waals surface area contributed by atoms with E-state index in [1.165, 1.54) is 6.42 Å². The normalized spacial score (nSPS) is 11.2. The summed E-state index contributed by atoms with van der Waals surface area (Å²) in [5.41, 5.74) is 0. The third-order valence-corrected chi connectivity index (χ3v) is 4.00. The van der Waals surface area contributed by atoms with E-state index < -0.39 is 0 Å². The number of Topliss-reactive ketones (excluding diaryl/α,β-unsaturated/α-hetero) is 1. The van der Waals surface area contributed by atoms with Crippen molar-refractivity contribution < 1.29 is 9.59 Å². The summed E-state index contributed by atoms with van der Waals surface area (Å²) >= 11 is 0. The number of ketones is 1. The van der Waals surface area contributed by atoms with Crippen LogP contribution in [-0.4, -0.2) is 18.2 Å². The standard InChI is InChI=1S/C19H37NO2/c1-16(2)12-9-10-14-19(22)20-15-11-7-5-6-8-13-18(21)17(3)4/h16-17H,5-15H2,1-4H3,(H,20,22). The smallest absolute Gasteiger partial charge is 0.219 e. The highest BCUT2D eigenvalue weighted by Gasteiger charge is 2.06. The molecule has 22 heavy (non-hydrogen) atoms. The van der Waals surface area contributed by atoms with Crippen LogP contribution in [0.1, 0.15) is 91.9 Å². The number of amides is 1. The Kier molecular flexibility index (Phi) is 13.2. The van der Waals surface area contributed by atoms with Gasteiger partial charge in [0.1, 0.15) is 5.78 Å². The second-order valence-electron chi connectivity index (χ2n) is 7.13. The van der Waals surface area contributed by atoms with E-state index in [-0.39, 0.29) is 11.8 Å². The van der Waals surface area contributed by atoms with Gasteiger partial charge in [0.05, 0.1) is 0 Å². The van der Waals surface area contributed by atoms with Gasteiger partial charge in [0.25, 0.3) is 0 Å². The van der Waals surface area contributed by atoms with Crippen LogP contribution in [0.15, 0.2) is 0 Å². The van der Waals surface area contributed by atoms with Gasteiger partial charge in [-0.25, -0.2) is 0 Å². The van der Waals surface area contributed by atoms with Gasteiger partial charge >= 0.3 is 0 Å². The van der Waals surface area contributed by atoms with Crippen molar-refractivity contribution in [1.82, 2.24) is 5.32 Å². The molecular weight excluding hydrogens is 274 g/mol. The SMILES string of the molecule is CC(C)CCCCC(=O)NCCCCCCCC(=O)C(C)C. The van der Waals surface area contributed by atoms with E-state index in [1.54, 1.807) is 0 Å². The fourth-order valence-corrected chi connectivity index (χ4v) is 2.40. The van der Waals surface area contributed by atoms with Gasteiger partial charge in [0.15, 0.2) is 0 Å². The Morgan fingerprint density at radius 2 is 1.36 bits per heavy atom. The van der Waals surface area contributed by atoms with Gasteiger partial charge in [0.2, 0.25) is 5.91 Å². The van der Waals surface area contributed by atoms with Crippen molar-refractivity contribution in [3.05, 3.63) is 0 Å². The Hall–Kier alpha value is -0.860. The summed E-state index contributed by atoms with van der Waals surface area (Å²) in [6.45, 7) is 9.17. The summed E-state index contributed by atoms with van der Waals surface area (Å²) in [6, 6.07) is 0. The minimum absolute atomic E-state index is 0.177. The topological polar surface area (TPSA) is 46.2 Å². The third kappa shape index (κ3) is 14.1. The maximum Gasteiger partial charge on any atom is 0.219 e. The molecule has 130 valence electrons. The van der Waals surface area contributed by atoms with Crippen molar-refractivity contribution in [3.8, 4) is 0 Å². The van der Waals surface area contributed by atoms with E-state index in [9.17, 15) is 9.59 Å². The lowest BCUT2D eigenvalue weighted by Gasteiger charge is -2.07. The molecule has 0 aromatic carbocycles. The fraction of sp³-hybridized carbons (Fsp3) is 0.895. The van der Waals surface area contributed by atoms with Gasteiger partial charge in [0, 0.05) is 25.3 Å². The van der Waals surface area contributed by atoms with Crippen LogP contribution >= 0.6 is 0 Å². The van der Waals surface area contributed by atoms with Crippen LogP contribution in [0.25, 0.3) is 0 Å². The molecule has 0 aliphatic heterocycles. The van der Waals surface area contributed by atoms with Crippen LogP contribution in [0.3, 0.4) is 0 Å². The van der Waals surface area contributed by atoms with Crippen LogP contribution in [0.2, 0.25) is 0 Å². The molecule has 0 saturated heterocycles. The van der Waals surface area contributed by atoms with Crippen LogP contribution in [0.4, 0.5) is 0 Å². The number of rotatable bonds is 14. The second-order valence-corrected chi connectivity index (χ2v) is 7.13. The molecule has 0 aliphatic carbocycles. The first-order valence-corrected chi connectivity index (χ1v) is 9.23. The second kappa shape index (κ2) is 13.8. The van der Waals surface area contributed by atoms with E-state index in [4.69, 9.17) is 0 Å². The first-order chi connectivity index (χ1) is 10.4. The lowest BCUT2D eigenvalue weighted by atomic mass is 10.0. The van der Waals surface area contributed by atoms with Crippen molar-refractivity contribution >= 4 is 11.7 Å². The molecule has 0 spiro atoms. The van der Waals surface area contributed by atoms with Gasteiger partial charge in [-0.2, -0.15) is 0 Å². The van der Waals surface area contributed by atoms with Crippen molar-refractivity contribution in [2.75, 3.05) is 6.54 Å². The highest BCUT2D eigenvalue weighted by Crippen LogP contribution is 2.09. The number of hydrogen-bond donors (Lipinski definition) is 1. The molecule has 0 bridgehead atoms. The number of nitrogens with one attached hydrogen (secondary N) is 1. The number of carbonyl (C=O) groups excluding carboxylic acids is 2. The minimum atomic E-state index is 0.177. The van der Waals surface area contributed by atoms with Crippen molar-refractivity contribution in [2.24, 2.45) is 11.8 Å². The average Bonchev–Trinajstić information content (AvgIpc) is 2.45. The molecule has 1 amide bonds. The Labute approximate surface area is 137 Å². The lowest BCUT2D eigenvalue weighted by Crippen LogP contribution is -2.23. The molecule has 0 aromatic heterocycles. The molecule has 0 fully saturated rings. The first-order valence-electron chi connectivity index (χ1n) is 9.23. The third-order valence-electron chi connectivity index (χ3n) is 4.00. The molecule has 0 unspecified atom stereocenters. The molecule has 0 heterocycles. The molecule has 0 rings (SSSR count). The fourth-order valence-electron chi connectivity index (χ4n) is 2.40. The zero-order valence-electron chi connectivity index (χ0n) is 15.2. The van der Waals surface area contributed by atoms with Gasteiger partial charge < -0.3 is 5.32 Å². The van der Waals surface area contributed by atoms with E-state index >= 15 is 0 Å². The van der Waals surface area contributed by atoms with Crippen LogP contribution in [0.5, 0.6) is 0 Å². The molecule has 0 aromatic rings. The molecule has 0 atom stereocenters. The van der Waals surface area contributed by atoms with Crippen molar-refractivity contribution in [1.29, 1.82) is 0 Å². The largest absolute Gasteiger partial charge is 0.356 e. The molecule has 0 aliphatic rings. The van der Waals surface area contributed by atoms with E-state index in [0.29, 0.717) is 12.2 Å². The van der Waals surface area contributed by atoms with Crippen LogP contribution in [0, 0.1) is 11.8 Å². The lowest BCUT2D eigenvalue weighted by molar-refractivity contribution is -0.122. The highest BCUT2D eigenvalue weighted by atomic mass is 16.1. The minimum Gasteiger partial charge on any atom is -0.356 e. The van der Waals surface area contributed by atoms with Gasteiger partial charge in [-0.15, -0.1) is 0 Å². The summed E-state index contributed by atoms with van der Waals surface area (Å²) in [6.07, 6.45) is 10.3. The molecule has 0 radical (unpaired) electrons. The molecular formula is C19H37NO2. The van der Waals surface area contributed by atoms with E-state index in [1.807, 2.05) is 13.8 Å². The predicted octanol–water partition coefficient (Wildman–Crippen LogP) is 4.88. The Morgan fingerprint density at radius 3 is 2.00 bits per heavy atom. The highest BCUT2D eigenvalue weighted by molar-refractivity contribution is 5.80. The Bertz CT molecular complexity index is 298. The Morgan fingerprint density at radius 1 is 0.773 bits per heavy atom. The summed E-state index contributed by atoms with van der Waals surface area (Å²) in [5, 5.41) is 3.00. The quantitative estimate of drug-likeness (QED) is 0.464. The number of carbonyl (C=O) groups is 2. The average molecular weight is 312 g/mol. The molecule has 3 nitrogen and oxygen atoms in total. The van der Waals surface area contributed by atoms with E-state index in [2.05, 4.69) is 19.2 Å². The molecule has 1 N–H and O–H groups in total. The maximum atomic E-state index is 11.6. The van der Waals surface area contributed by atoms with Gasteiger partial charge in [-0.05, 0) is 25.2 Å². The Balaban J connectivity index is 3.28. The zero-order valence-corrected chi connectivity index (χ0v) is 15.2. The van der Waals surface area contributed by atoms with Crippen LogP contribution < -0.4 is 5.32 Å². The van der Waals surface area contributed by atoms with Gasteiger partial charge in [-0.3, -0.25) is 9.59 Å². The summed E-state index contributed by atoms with van der Waals surface area (Å²) < 4.78 is 0. The van der Waals surface area contributed by atoms with Crippen LogP contribution in [-0.2, 0) is 9.59 Å². The van der Waals surface area contributed by atoms with Crippen molar-refractivity contribution in [3.63, 3.8) is 0 Å². The zero-order chi connectivity index (χ0) is 16.8. The monoisotopic (exact) mass is 311 g/mol. The molecule has 0 saturated carbocycles. The summed E-state index contributed by atoms with van der Waals surface area (Å²) in [7, 11) is 0. The maximum absolute atomic E-state index is 11.6. The summed E-state index contributed by atoms with van der Waals surface area (Å²) in [5.74, 6) is 1.49. The number of hydrogen-bond acceptors (Lipinski definition) is 2. The van der Waals surface area contributed by atoms with E-state index in [0.717, 1.165) is 63.8 Å². The summed E-state index contributed by atoms with van der Waals surface area (Å²) in [4.78, 5) is 23.1.